The number of aromatic nitrogens is 1. The molecule has 1 radical (unpaired) electrons. The molecule has 6 rings (SSSR count). The first-order chi connectivity index (χ1) is 25.2. The molecular weight excluding hydrogens is 871 g/mol. The summed E-state index contributed by atoms with van der Waals surface area (Å²) in [6, 6.07) is 24.1. The van der Waals surface area contributed by atoms with E-state index in [-0.39, 0.29) is 47.9 Å². The van der Waals surface area contributed by atoms with Gasteiger partial charge >= 0.3 is 0 Å². The van der Waals surface area contributed by atoms with Crippen molar-refractivity contribution in [2.45, 2.75) is 146 Å². The number of pyridine rings is 1. The van der Waals surface area contributed by atoms with Crippen molar-refractivity contribution >= 4 is 48.1 Å². The first kappa shape index (κ1) is 44.9. The maximum Gasteiger partial charge on any atom is 0.164 e. The van der Waals surface area contributed by atoms with Gasteiger partial charge in [0.2, 0.25) is 0 Å². The molecule has 1 N–H and O–H groups in total. The minimum absolute atomic E-state index is 0. The minimum Gasteiger partial charge on any atom is -0.512 e. The molecule has 0 amide bonds. The Balaban J connectivity index is 0.000000320. The van der Waals surface area contributed by atoms with Gasteiger partial charge in [0.15, 0.2) is 5.78 Å². The normalized spacial score (nSPS) is 16.5. The van der Waals surface area contributed by atoms with Crippen LogP contribution in [0.1, 0.15) is 152 Å². The second kappa shape index (κ2) is 16.9. The van der Waals surface area contributed by atoms with Crippen molar-refractivity contribution in [1.29, 1.82) is 0 Å². The quantitative estimate of drug-likeness (QED) is 0.0910. The Kier molecular flexibility index (Phi) is 13.8. The number of nitrogens with zero attached hydrogens (tertiary/aromatic N) is 1. The summed E-state index contributed by atoms with van der Waals surface area (Å²) in [4.78, 5) is 17.1. The maximum atomic E-state index is 12.2. The zero-order valence-electron chi connectivity index (χ0n) is 35.9. The molecule has 299 valence electrons. The van der Waals surface area contributed by atoms with Gasteiger partial charge in [-0.25, -0.2) is 0 Å². The fraction of sp³-hybridized carbons (Fsp3) is 0.520. The predicted molar refractivity (Wildman–Crippen MR) is 235 cm³/mol. The molecule has 0 unspecified atom stereocenters. The van der Waals surface area contributed by atoms with E-state index >= 15 is 0 Å². The Bertz CT molecular complexity index is 2140. The molecule has 2 aromatic heterocycles. The predicted octanol–water partition coefficient (Wildman–Crippen LogP) is 15.3. The van der Waals surface area contributed by atoms with Crippen LogP contribution in [0.2, 0.25) is 0 Å². The maximum absolute atomic E-state index is 12.2. The summed E-state index contributed by atoms with van der Waals surface area (Å²) in [7, 11) is 0. The van der Waals surface area contributed by atoms with E-state index < -0.39 is 0 Å². The zero-order chi connectivity index (χ0) is 39.9. The van der Waals surface area contributed by atoms with Gasteiger partial charge in [-0.05, 0) is 95.6 Å². The SMILES string of the molecule is CC1(C)CC(c2ccc3c(c2)sc2c(-c4[c-]c5ccccc5c(C(C)(C)C)c4)nccc23)CC(C)(C)C1.CCC(C)(CC)C(=O)/C=C(\O)C(C)(CC)CC.[Ir]. The van der Waals surface area contributed by atoms with E-state index in [9.17, 15) is 9.90 Å². The number of thiophene rings is 1. The van der Waals surface area contributed by atoms with Crippen LogP contribution >= 0.6 is 11.3 Å². The summed E-state index contributed by atoms with van der Waals surface area (Å²) in [5.74, 6) is 0.905. The number of carbonyl (C=O) groups excluding carboxylic acids is 1. The molecule has 55 heavy (non-hydrogen) atoms. The Morgan fingerprint density at radius 2 is 1.44 bits per heavy atom. The van der Waals surface area contributed by atoms with Crippen LogP contribution in [-0.4, -0.2) is 15.9 Å². The Morgan fingerprint density at radius 3 is 2.02 bits per heavy atom. The minimum atomic E-state index is -0.337. The standard InChI is InChI=1S/C35H38NS.C15H28O2.Ir/c1-33(2,3)29-17-24(16-23-10-8-9-11-26(23)29)31-32-28(14-15-36-31)27-13-12-22(18-30(27)37-32)25-19-34(4,5)21-35(6,7)20-25;1-7-14(5,8-2)12(16)11-13(17)15(6,9-3)10-4;/h8-15,17-18,25H,19-21H2,1-7H3;11,16H,7-10H2,1-6H3;/q-1;;/b;12-11-;. The van der Waals surface area contributed by atoms with Crippen molar-refractivity contribution in [1.82, 2.24) is 4.98 Å². The third-order valence-corrected chi connectivity index (χ3v) is 14.1. The summed E-state index contributed by atoms with van der Waals surface area (Å²) in [5.41, 5.74) is 5.20. The topological polar surface area (TPSA) is 50.2 Å². The molecular formula is C50H66IrNO2S-. The number of ketones is 1. The van der Waals surface area contributed by atoms with Crippen molar-refractivity contribution in [3.05, 3.63) is 89.8 Å². The van der Waals surface area contributed by atoms with Gasteiger partial charge in [-0.3, -0.25) is 9.78 Å². The van der Waals surface area contributed by atoms with Gasteiger partial charge in [0.05, 0.1) is 0 Å². The van der Waals surface area contributed by atoms with Gasteiger partial charge in [0, 0.05) is 58.3 Å². The van der Waals surface area contributed by atoms with Gasteiger partial charge in [0.1, 0.15) is 5.76 Å². The summed E-state index contributed by atoms with van der Waals surface area (Å²) < 4.78 is 2.64. The van der Waals surface area contributed by atoms with Gasteiger partial charge < -0.3 is 5.11 Å². The first-order valence-corrected chi connectivity index (χ1v) is 21.2. The Labute approximate surface area is 350 Å². The number of rotatable bonds is 9. The monoisotopic (exact) mass is 937 g/mol. The van der Waals surface area contributed by atoms with Crippen molar-refractivity contribution in [2.24, 2.45) is 21.7 Å². The van der Waals surface area contributed by atoms with Crippen LogP contribution in [0.25, 0.3) is 42.2 Å². The molecule has 0 saturated heterocycles. The number of carbonyl (C=O) groups is 1. The van der Waals surface area contributed by atoms with Crippen LogP contribution in [0.5, 0.6) is 0 Å². The smallest absolute Gasteiger partial charge is 0.164 e. The van der Waals surface area contributed by atoms with Crippen LogP contribution < -0.4 is 0 Å². The number of aliphatic hydroxyl groups excluding tert-OH is 1. The van der Waals surface area contributed by atoms with Gasteiger partial charge in [-0.15, -0.1) is 40.5 Å². The summed E-state index contributed by atoms with van der Waals surface area (Å²) in [6.07, 6.45) is 10.6. The summed E-state index contributed by atoms with van der Waals surface area (Å²) in [5, 5.41) is 15.2. The summed E-state index contributed by atoms with van der Waals surface area (Å²) in [6.45, 7) is 28.8. The fourth-order valence-corrected chi connectivity index (χ4v) is 10.2. The molecule has 0 bridgehead atoms. The van der Waals surface area contributed by atoms with E-state index in [1.54, 1.807) is 0 Å². The Hall–Kier alpha value is -2.85. The van der Waals surface area contributed by atoms with E-state index in [0.29, 0.717) is 16.7 Å². The molecule has 1 fully saturated rings. The second-order valence-electron chi connectivity index (χ2n) is 19.3. The van der Waals surface area contributed by atoms with E-state index in [0.717, 1.165) is 42.3 Å². The number of aliphatic hydroxyl groups is 1. The number of hydrogen-bond acceptors (Lipinski definition) is 4. The molecule has 0 atom stereocenters. The fourth-order valence-electron chi connectivity index (χ4n) is 8.91. The molecule has 1 saturated carbocycles. The number of hydrogen-bond donors (Lipinski definition) is 1. The first-order valence-electron chi connectivity index (χ1n) is 20.4. The van der Waals surface area contributed by atoms with Crippen molar-refractivity contribution in [2.75, 3.05) is 0 Å². The van der Waals surface area contributed by atoms with Crippen LogP contribution in [0.15, 0.2) is 72.6 Å². The largest absolute Gasteiger partial charge is 0.512 e. The molecule has 1 aliphatic carbocycles. The molecule has 0 aliphatic heterocycles. The summed E-state index contributed by atoms with van der Waals surface area (Å²) >= 11 is 1.90. The molecule has 0 spiro atoms. The van der Waals surface area contributed by atoms with E-state index in [2.05, 4.69) is 109 Å². The van der Waals surface area contributed by atoms with Gasteiger partial charge in [-0.1, -0.05) is 131 Å². The average Bonchev–Trinajstić information content (AvgIpc) is 3.50. The molecule has 5 aromatic rings. The van der Waals surface area contributed by atoms with E-state index in [1.807, 2.05) is 59.1 Å². The van der Waals surface area contributed by atoms with Gasteiger partial charge in [-0.2, -0.15) is 0 Å². The van der Waals surface area contributed by atoms with Crippen molar-refractivity contribution < 1.29 is 30.0 Å². The van der Waals surface area contributed by atoms with Crippen LogP contribution in [0.3, 0.4) is 0 Å². The number of fused-ring (bicyclic) bond motifs is 4. The van der Waals surface area contributed by atoms with E-state index in [1.165, 1.54) is 62.0 Å². The van der Waals surface area contributed by atoms with Crippen molar-refractivity contribution in [3.8, 4) is 11.3 Å². The number of benzene rings is 3. The van der Waals surface area contributed by atoms with Crippen LogP contribution in [0.4, 0.5) is 0 Å². The molecule has 3 aromatic carbocycles. The number of allylic oxidation sites excluding steroid dienone is 2. The van der Waals surface area contributed by atoms with E-state index in [4.69, 9.17) is 4.98 Å². The molecule has 3 nitrogen and oxygen atoms in total. The Morgan fingerprint density at radius 1 is 0.836 bits per heavy atom. The van der Waals surface area contributed by atoms with Crippen LogP contribution in [-0.2, 0) is 30.3 Å². The van der Waals surface area contributed by atoms with Gasteiger partial charge in [0.25, 0.3) is 0 Å². The molecule has 1 aliphatic rings. The third-order valence-electron chi connectivity index (χ3n) is 12.9. The third kappa shape index (κ3) is 9.65. The average molecular weight is 937 g/mol. The molecule has 2 heterocycles. The van der Waals surface area contributed by atoms with Crippen molar-refractivity contribution in [3.63, 3.8) is 0 Å². The molecule has 5 heteroatoms. The zero-order valence-corrected chi connectivity index (χ0v) is 39.1. The second-order valence-corrected chi connectivity index (χ2v) is 20.4. The van der Waals surface area contributed by atoms with Crippen LogP contribution in [0, 0.1) is 27.7 Å².